The summed E-state index contributed by atoms with van der Waals surface area (Å²) in [4.78, 5) is 25.7. The van der Waals surface area contributed by atoms with Crippen LogP contribution in [0.3, 0.4) is 0 Å². The summed E-state index contributed by atoms with van der Waals surface area (Å²) in [6.45, 7) is 4.90. The highest BCUT2D eigenvalue weighted by Gasteiger charge is 2.25. The van der Waals surface area contributed by atoms with E-state index in [1.807, 2.05) is 31.2 Å². The highest BCUT2D eigenvalue weighted by atomic mass is 16.2. The molecule has 0 aliphatic carbocycles. The van der Waals surface area contributed by atoms with Crippen LogP contribution in [0.5, 0.6) is 0 Å². The normalized spacial score (nSPS) is 19.2. The molecular formula is C17H24N2O2. The Kier molecular flexibility index (Phi) is 5.51. The molecule has 21 heavy (non-hydrogen) atoms. The molecule has 0 radical (unpaired) electrons. The SMILES string of the molecule is CC(=O)CC1CCCCN1CC(=O)Nc1cccc(C)c1. The maximum Gasteiger partial charge on any atom is 0.238 e. The minimum atomic E-state index is -0.00366. The van der Waals surface area contributed by atoms with E-state index in [1.54, 1.807) is 6.92 Å². The molecule has 1 aliphatic rings. The minimum absolute atomic E-state index is 0.00366. The van der Waals surface area contributed by atoms with Gasteiger partial charge in [0.2, 0.25) is 5.91 Å². The molecule has 1 atom stereocenters. The van der Waals surface area contributed by atoms with Gasteiger partial charge >= 0.3 is 0 Å². The highest BCUT2D eigenvalue weighted by molar-refractivity contribution is 5.92. The monoisotopic (exact) mass is 288 g/mol. The van der Waals surface area contributed by atoms with Crippen LogP contribution in [0, 0.1) is 6.92 Å². The largest absolute Gasteiger partial charge is 0.325 e. The number of hydrogen-bond donors (Lipinski definition) is 1. The molecule has 0 spiro atoms. The molecule has 4 heteroatoms. The number of benzene rings is 1. The standard InChI is InChI=1S/C17H24N2O2/c1-13-6-5-7-15(10-13)18-17(21)12-19-9-4-3-8-16(19)11-14(2)20/h5-7,10,16H,3-4,8-9,11-12H2,1-2H3,(H,18,21). The van der Waals surface area contributed by atoms with Gasteiger partial charge in [-0.25, -0.2) is 0 Å². The molecule has 1 amide bonds. The number of carbonyl (C=O) groups is 2. The minimum Gasteiger partial charge on any atom is -0.325 e. The average molecular weight is 288 g/mol. The van der Waals surface area contributed by atoms with E-state index < -0.39 is 0 Å². The first kappa shape index (κ1) is 15.7. The Morgan fingerprint density at radius 3 is 2.86 bits per heavy atom. The molecule has 1 aliphatic heterocycles. The number of piperidine rings is 1. The van der Waals surface area contributed by atoms with Crippen LogP contribution in [0.2, 0.25) is 0 Å². The maximum atomic E-state index is 12.2. The first-order valence-corrected chi connectivity index (χ1v) is 7.64. The number of rotatable bonds is 5. The second kappa shape index (κ2) is 7.36. The zero-order chi connectivity index (χ0) is 15.2. The van der Waals surface area contributed by atoms with Gasteiger partial charge in [0.05, 0.1) is 6.54 Å². The van der Waals surface area contributed by atoms with Crippen molar-refractivity contribution in [3.8, 4) is 0 Å². The van der Waals surface area contributed by atoms with E-state index in [2.05, 4.69) is 10.2 Å². The number of anilines is 1. The van der Waals surface area contributed by atoms with E-state index in [0.717, 1.165) is 37.1 Å². The number of carbonyl (C=O) groups excluding carboxylic acids is 2. The smallest absolute Gasteiger partial charge is 0.238 e. The summed E-state index contributed by atoms with van der Waals surface area (Å²) in [5.74, 6) is 0.196. The number of Topliss-reactive ketones (excluding diaryl/α,β-unsaturated/α-hetero) is 1. The van der Waals surface area contributed by atoms with Gasteiger partial charge in [-0.1, -0.05) is 18.6 Å². The fourth-order valence-corrected chi connectivity index (χ4v) is 2.94. The van der Waals surface area contributed by atoms with Crippen LogP contribution in [0.25, 0.3) is 0 Å². The summed E-state index contributed by atoms with van der Waals surface area (Å²) >= 11 is 0. The first-order chi connectivity index (χ1) is 10.0. The lowest BCUT2D eigenvalue weighted by Gasteiger charge is -2.34. The van der Waals surface area contributed by atoms with Crippen LogP contribution in [-0.4, -0.2) is 35.7 Å². The van der Waals surface area contributed by atoms with Gasteiger partial charge in [0.1, 0.15) is 5.78 Å². The molecule has 1 aromatic rings. The molecule has 1 aromatic carbocycles. The van der Waals surface area contributed by atoms with Gasteiger partial charge in [-0.05, 0) is 50.9 Å². The van der Waals surface area contributed by atoms with Crippen LogP contribution in [0.1, 0.15) is 38.2 Å². The van der Waals surface area contributed by atoms with Crippen LogP contribution in [0.4, 0.5) is 5.69 Å². The number of aryl methyl sites for hydroxylation is 1. The zero-order valence-corrected chi connectivity index (χ0v) is 12.9. The Hall–Kier alpha value is -1.68. The van der Waals surface area contributed by atoms with Crippen molar-refractivity contribution < 1.29 is 9.59 Å². The van der Waals surface area contributed by atoms with Crippen molar-refractivity contribution in [3.05, 3.63) is 29.8 Å². The van der Waals surface area contributed by atoms with Gasteiger partial charge in [-0.3, -0.25) is 14.5 Å². The molecule has 2 rings (SSSR count). The van der Waals surface area contributed by atoms with E-state index in [9.17, 15) is 9.59 Å². The quantitative estimate of drug-likeness (QED) is 0.906. The third kappa shape index (κ3) is 4.97. The van der Waals surface area contributed by atoms with Gasteiger partial charge in [-0.15, -0.1) is 0 Å². The second-order valence-electron chi connectivity index (χ2n) is 5.94. The molecule has 1 fully saturated rings. The summed E-state index contributed by atoms with van der Waals surface area (Å²) in [6, 6.07) is 8.02. The van der Waals surface area contributed by atoms with Gasteiger partial charge in [0.15, 0.2) is 0 Å². The lowest BCUT2D eigenvalue weighted by Crippen LogP contribution is -2.44. The third-order valence-electron chi connectivity index (χ3n) is 3.92. The summed E-state index contributed by atoms with van der Waals surface area (Å²) in [7, 11) is 0. The number of amides is 1. The summed E-state index contributed by atoms with van der Waals surface area (Å²) in [5, 5.41) is 2.94. The summed E-state index contributed by atoms with van der Waals surface area (Å²) in [6.07, 6.45) is 3.81. The fourth-order valence-electron chi connectivity index (χ4n) is 2.94. The van der Waals surface area contributed by atoms with Gasteiger partial charge in [0.25, 0.3) is 0 Å². The summed E-state index contributed by atoms with van der Waals surface area (Å²) in [5.41, 5.74) is 1.96. The lowest BCUT2D eigenvalue weighted by atomic mass is 9.98. The van der Waals surface area contributed by atoms with Crippen molar-refractivity contribution in [3.63, 3.8) is 0 Å². The predicted molar refractivity (Wildman–Crippen MR) is 84.3 cm³/mol. The van der Waals surface area contributed by atoms with Crippen molar-refractivity contribution in [1.82, 2.24) is 4.90 Å². The molecule has 114 valence electrons. The Morgan fingerprint density at radius 1 is 1.33 bits per heavy atom. The van der Waals surface area contributed by atoms with Gasteiger partial charge < -0.3 is 5.32 Å². The number of nitrogens with one attached hydrogen (secondary N) is 1. The molecule has 1 unspecified atom stereocenters. The Bertz CT molecular complexity index is 513. The Balaban J connectivity index is 1.92. The van der Waals surface area contributed by atoms with E-state index >= 15 is 0 Å². The van der Waals surface area contributed by atoms with E-state index in [-0.39, 0.29) is 17.7 Å². The molecule has 1 N–H and O–H groups in total. The Labute approximate surface area is 126 Å². The van der Waals surface area contributed by atoms with Crippen molar-refractivity contribution in [2.45, 2.75) is 45.6 Å². The van der Waals surface area contributed by atoms with Crippen LogP contribution in [0.15, 0.2) is 24.3 Å². The van der Waals surface area contributed by atoms with Crippen LogP contribution in [-0.2, 0) is 9.59 Å². The predicted octanol–water partition coefficient (Wildman–Crippen LogP) is 2.77. The van der Waals surface area contributed by atoms with E-state index in [0.29, 0.717) is 13.0 Å². The van der Waals surface area contributed by atoms with Gasteiger partial charge in [0, 0.05) is 18.2 Å². The molecule has 0 bridgehead atoms. The molecule has 1 saturated heterocycles. The third-order valence-corrected chi connectivity index (χ3v) is 3.92. The van der Waals surface area contributed by atoms with Crippen molar-refractivity contribution in [2.75, 3.05) is 18.4 Å². The number of hydrogen-bond acceptors (Lipinski definition) is 3. The van der Waals surface area contributed by atoms with E-state index in [1.165, 1.54) is 0 Å². The summed E-state index contributed by atoms with van der Waals surface area (Å²) < 4.78 is 0. The van der Waals surface area contributed by atoms with Crippen LogP contribution >= 0.6 is 0 Å². The van der Waals surface area contributed by atoms with Crippen molar-refractivity contribution in [2.24, 2.45) is 0 Å². The van der Waals surface area contributed by atoms with Gasteiger partial charge in [-0.2, -0.15) is 0 Å². The number of ketones is 1. The van der Waals surface area contributed by atoms with Crippen molar-refractivity contribution in [1.29, 1.82) is 0 Å². The number of nitrogens with zero attached hydrogens (tertiary/aromatic N) is 1. The topological polar surface area (TPSA) is 49.4 Å². The number of likely N-dealkylation sites (tertiary alicyclic amines) is 1. The molecular weight excluding hydrogens is 264 g/mol. The first-order valence-electron chi connectivity index (χ1n) is 7.64. The van der Waals surface area contributed by atoms with Crippen molar-refractivity contribution >= 4 is 17.4 Å². The fraction of sp³-hybridized carbons (Fsp3) is 0.529. The highest BCUT2D eigenvalue weighted by Crippen LogP contribution is 2.20. The Morgan fingerprint density at radius 2 is 2.14 bits per heavy atom. The van der Waals surface area contributed by atoms with Crippen LogP contribution < -0.4 is 5.32 Å². The maximum absolute atomic E-state index is 12.2. The molecule has 1 heterocycles. The average Bonchev–Trinajstić information content (AvgIpc) is 2.40. The lowest BCUT2D eigenvalue weighted by molar-refractivity contribution is -0.121. The zero-order valence-electron chi connectivity index (χ0n) is 12.9. The molecule has 0 saturated carbocycles. The van der Waals surface area contributed by atoms with E-state index in [4.69, 9.17) is 0 Å². The molecule has 0 aromatic heterocycles. The second-order valence-corrected chi connectivity index (χ2v) is 5.94. The molecule has 4 nitrogen and oxygen atoms in total.